The molecular formula is C12H13N3O2. The first kappa shape index (κ1) is 11.3. The molecule has 0 saturated carbocycles. The standard InChI is InChI=1S/C12H13N3O2/c1-8-4-5-10(12(16)17-3)6-11(8)15-7-13-9(2)14-15/h4-7H,1-3H3. The minimum atomic E-state index is -0.358. The predicted octanol–water partition coefficient (Wildman–Crippen LogP) is 1.67. The molecule has 1 aromatic carbocycles. The van der Waals surface area contributed by atoms with Crippen LogP contribution in [-0.4, -0.2) is 27.8 Å². The van der Waals surface area contributed by atoms with E-state index in [4.69, 9.17) is 0 Å². The zero-order chi connectivity index (χ0) is 12.4. The van der Waals surface area contributed by atoms with Crippen LogP contribution in [0.5, 0.6) is 0 Å². The third-order valence-corrected chi connectivity index (χ3v) is 2.48. The maximum absolute atomic E-state index is 11.4. The predicted molar refractivity (Wildman–Crippen MR) is 62.2 cm³/mol. The van der Waals surface area contributed by atoms with Crippen LogP contribution in [0.25, 0.3) is 5.69 Å². The molecule has 0 radical (unpaired) electrons. The number of carbonyl (C=O) groups excluding carboxylic acids is 1. The second-order valence-corrected chi connectivity index (χ2v) is 3.73. The van der Waals surface area contributed by atoms with Gasteiger partial charge in [-0.05, 0) is 31.5 Å². The van der Waals surface area contributed by atoms with Crippen LogP contribution in [0, 0.1) is 13.8 Å². The number of aryl methyl sites for hydroxylation is 2. The van der Waals surface area contributed by atoms with E-state index in [1.54, 1.807) is 23.1 Å². The van der Waals surface area contributed by atoms with Crippen molar-refractivity contribution in [2.75, 3.05) is 7.11 Å². The minimum Gasteiger partial charge on any atom is -0.465 e. The first-order valence-electron chi connectivity index (χ1n) is 5.19. The van der Waals surface area contributed by atoms with Gasteiger partial charge in [0.15, 0.2) is 0 Å². The Morgan fingerprint density at radius 1 is 1.35 bits per heavy atom. The number of nitrogens with zero attached hydrogens (tertiary/aromatic N) is 3. The number of hydrogen-bond donors (Lipinski definition) is 0. The molecule has 5 heteroatoms. The number of carbonyl (C=O) groups is 1. The molecule has 2 rings (SSSR count). The smallest absolute Gasteiger partial charge is 0.337 e. The van der Waals surface area contributed by atoms with Gasteiger partial charge in [0.2, 0.25) is 0 Å². The molecule has 0 atom stereocenters. The van der Waals surface area contributed by atoms with E-state index in [2.05, 4.69) is 14.8 Å². The SMILES string of the molecule is COC(=O)c1ccc(C)c(-n2cnc(C)n2)c1. The number of aromatic nitrogens is 3. The van der Waals surface area contributed by atoms with Gasteiger partial charge in [0.1, 0.15) is 12.2 Å². The molecule has 2 aromatic rings. The minimum absolute atomic E-state index is 0.358. The summed E-state index contributed by atoms with van der Waals surface area (Å²) in [4.78, 5) is 15.5. The van der Waals surface area contributed by atoms with Crippen molar-refractivity contribution < 1.29 is 9.53 Å². The highest BCUT2D eigenvalue weighted by molar-refractivity contribution is 5.90. The van der Waals surface area contributed by atoms with Crippen molar-refractivity contribution in [2.45, 2.75) is 13.8 Å². The van der Waals surface area contributed by atoms with Gasteiger partial charge in [0.25, 0.3) is 0 Å². The molecule has 1 aromatic heterocycles. The van der Waals surface area contributed by atoms with Gasteiger partial charge in [-0.15, -0.1) is 0 Å². The summed E-state index contributed by atoms with van der Waals surface area (Å²) < 4.78 is 6.34. The van der Waals surface area contributed by atoms with Crippen molar-refractivity contribution in [3.63, 3.8) is 0 Å². The van der Waals surface area contributed by atoms with E-state index in [-0.39, 0.29) is 5.97 Å². The number of esters is 1. The van der Waals surface area contributed by atoms with Crippen molar-refractivity contribution in [3.8, 4) is 5.69 Å². The van der Waals surface area contributed by atoms with E-state index in [0.717, 1.165) is 11.3 Å². The number of benzene rings is 1. The van der Waals surface area contributed by atoms with Crippen molar-refractivity contribution in [2.24, 2.45) is 0 Å². The molecule has 1 heterocycles. The zero-order valence-electron chi connectivity index (χ0n) is 9.97. The summed E-state index contributed by atoms with van der Waals surface area (Å²) in [6.45, 7) is 3.77. The Labute approximate surface area is 99.1 Å². The molecule has 0 aliphatic heterocycles. The average Bonchev–Trinajstić information content (AvgIpc) is 2.75. The molecule has 0 N–H and O–H groups in total. The van der Waals surface area contributed by atoms with Gasteiger partial charge in [-0.25, -0.2) is 14.5 Å². The monoisotopic (exact) mass is 231 g/mol. The molecule has 0 amide bonds. The topological polar surface area (TPSA) is 57.0 Å². The Hall–Kier alpha value is -2.17. The maximum Gasteiger partial charge on any atom is 0.337 e. The normalized spacial score (nSPS) is 10.3. The highest BCUT2D eigenvalue weighted by atomic mass is 16.5. The van der Waals surface area contributed by atoms with Crippen LogP contribution in [0.2, 0.25) is 0 Å². The molecule has 0 aliphatic carbocycles. The van der Waals surface area contributed by atoms with E-state index in [1.807, 2.05) is 19.9 Å². The molecule has 88 valence electrons. The van der Waals surface area contributed by atoms with Crippen LogP contribution >= 0.6 is 0 Å². The first-order valence-corrected chi connectivity index (χ1v) is 5.19. The molecule has 0 unspecified atom stereocenters. The first-order chi connectivity index (χ1) is 8.11. The summed E-state index contributed by atoms with van der Waals surface area (Å²) in [6.07, 6.45) is 1.62. The number of rotatable bonds is 2. The van der Waals surface area contributed by atoms with Crippen molar-refractivity contribution >= 4 is 5.97 Å². The third kappa shape index (κ3) is 2.18. The average molecular weight is 231 g/mol. The van der Waals surface area contributed by atoms with Gasteiger partial charge >= 0.3 is 5.97 Å². The van der Waals surface area contributed by atoms with Gasteiger partial charge in [-0.3, -0.25) is 0 Å². The number of hydrogen-bond acceptors (Lipinski definition) is 4. The molecular weight excluding hydrogens is 218 g/mol. The van der Waals surface area contributed by atoms with Gasteiger partial charge < -0.3 is 4.74 Å². The lowest BCUT2D eigenvalue weighted by Crippen LogP contribution is -2.05. The van der Waals surface area contributed by atoms with Crippen LogP contribution in [-0.2, 0) is 4.74 Å². The molecule has 0 spiro atoms. The summed E-state index contributed by atoms with van der Waals surface area (Å²) >= 11 is 0. The molecule has 0 saturated heterocycles. The van der Waals surface area contributed by atoms with Crippen LogP contribution in [0.4, 0.5) is 0 Å². The Morgan fingerprint density at radius 2 is 2.12 bits per heavy atom. The second kappa shape index (κ2) is 4.37. The van der Waals surface area contributed by atoms with E-state index in [9.17, 15) is 4.79 Å². The summed E-state index contributed by atoms with van der Waals surface area (Å²) in [6, 6.07) is 5.34. The largest absolute Gasteiger partial charge is 0.465 e. The third-order valence-electron chi connectivity index (χ3n) is 2.48. The molecule has 0 bridgehead atoms. The molecule has 0 aliphatic rings. The van der Waals surface area contributed by atoms with Crippen LogP contribution in [0.3, 0.4) is 0 Å². The van der Waals surface area contributed by atoms with Gasteiger partial charge in [0, 0.05) is 0 Å². The fraction of sp³-hybridized carbons (Fsp3) is 0.250. The highest BCUT2D eigenvalue weighted by Gasteiger charge is 2.10. The summed E-state index contributed by atoms with van der Waals surface area (Å²) in [5.41, 5.74) is 2.34. The van der Waals surface area contributed by atoms with Gasteiger partial charge in [-0.2, -0.15) is 5.10 Å². The Bertz CT molecular complexity index is 561. The molecule has 5 nitrogen and oxygen atoms in total. The molecule has 0 fully saturated rings. The fourth-order valence-corrected chi connectivity index (χ4v) is 1.56. The van der Waals surface area contributed by atoms with Crippen molar-refractivity contribution in [1.29, 1.82) is 0 Å². The van der Waals surface area contributed by atoms with Crippen LogP contribution in [0.15, 0.2) is 24.5 Å². The lowest BCUT2D eigenvalue weighted by Gasteiger charge is -2.07. The second-order valence-electron chi connectivity index (χ2n) is 3.73. The van der Waals surface area contributed by atoms with Crippen LogP contribution < -0.4 is 0 Å². The van der Waals surface area contributed by atoms with Crippen molar-refractivity contribution in [3.05, 3.63) is 41.5 Å². The Balaban J connectivity index is 2.49. The summed E-state index contributed by atoms with van der Waals surface area (Å²) in [5, 5.41) is 4.22. The Morgan fingerprint density at radius 3 is 2.71 bits per heavy atom. The Kier molecular flexibility index (Phi) is 2.91. The van der Waals surface area contributed by atoms with Crippen LogP contribution in [0.1, 0.15) is 21.7 Å². The van der Waals surface area contributed by atoms with Crippen molar-refractivity contribution in [1.82, 2.24) is 14.8 Å². The van der Waals surface area contributed by atoms with E-state index < -0.39 is 0 Å². The summed E-state index contributed by atoms with van der Waals surface area (Å²) in [7, 11) is 1.36. The number of ether oxygens (including phenoxy) is 1. The highest BCUT2D eigenvalue weighted by Crippen LogP contribution is 2.15. The van der Waals surface area contributed by atoms with Gasteiger partial charge in [-0.1, -0.05) is 6.07 Å². The van der Waals surface area contributed by atoms with E-state index >= 15 is 0 Å². The lowest BCUT2D eigenvalue weighted by atomic mass is 10.1. The maximum atomic E-state index is 11.4. The molecule has 17 heavy (non-hydrogen) atoms. The summed E-state index contributed by atoms with van der Waals surface area (Å²) in [5.74, 6) is 0.330. The van der Waals surface area contributed by atoms with E-state index in [1.165, 1.54) is 7.11 Å². The lowest BCUT2D eigenvalue weighted by molar-refractivity contribution is 0.0600. The fourth-order valence-electron chi connectivity index (χ4n) is 1.56. The quantitative estimate of drug-likeness (QED) is 0.738. The number of methoxy groups -OCH3 is 1. The van der Waals surface area contributed by atoms with E-state index in [0.29, 0.717) is 11.4 Å². The zero-order valence-corrected chi connectivity index (χ0v) is 9.97. The van der Waals surface area contributed by atoms with Gasteiger partial charge in [0.05, 0.1) is 18.4 Å².